The summed E-state index contributed by atoms with van der Waals surface area (Å²) in [5.41, 5.74) is 0.685. The van der Waals surface area contributed by atoms with E-state index in [1.807, 2.05) is 0 Å². The number of aliphatic carboxylic acids is 1. The fraction of sp³-hybridized carbons (Fsp3) is 0.154. The zero-order chi connectivity index (χ0) is 13.8. The number of hydrogen-bond acceptors (Lipinski definition) is 4. The molecule has 0 spiro atoms. The van der Waals surface area contributed by atoms with Crippen molar-refractivity contribution in [2.75, 3.05) is 0 Å². The lowest BCUT2D eigenvalue weighted by atomic mass is 10.1. The Bertz CT molecular complexity index is 617. The minimum Gasteiger partial charge on any atom is -0.481 e. The van der Waals surface area contributed by atoms with Crippen molar-refractivity contribution in [3.63, 3.8) is 0 Å². The van der Waals surface area contributed by atoms with Crippen molar-refractivity contribution in [3.8, 4) is 11.5 Å². The summed E-state index contributed by atoms with van der Waals surface area (Å²) in [5.74, 6) is -1.20. The molecule has 1 aromatic heterocycles. The second kappa shape index (κ2) is 5.34. The summed E-state index contributed by atoms with van der Waals surface area (Å²) < 4.78 is 5.39. The lowest BCUT2D eigenvalue weighted by molar-refractivity contribution is -0.137. The van der Waals surface area contributed by atoms with Gasteiger partial charge in [0.25, 0.3) is 0 Å². The third kappa shape index (κ3) is 3.19. The minimum absolute atomic E-state index is 0.0379. The van der Waals surface area contributed by atoms with Crippen LogP contribution in [0.1, 0.15) is 22.5 Å². The van der Waals surface area contributed by atoms with Gasteiger partial charge in [0.05, 0.1) is 18.2 Å². The molecular weight excluding hydrogens is 250 g/mol. The average Bonchev–Trinajstić information content (AvgIpc) is 2.85. The maximum absolute atomic E-state index is 10.9. The van der Waals surface area contributed by atoms with Gasteiger partial charge in [0, 0.05) is 12.0 Å². The second-order valence-corrected chi connectivity index (χ2v) is 3.91. The van der Waals surface area contributed by atoms with Gasteiger partial charge >= 0.3 is 11.9 Å². The van der Waals surface area contributed by atoms with Gasteiger partial charge < -0.3 is 14.6 Å². The van der Waals surface area contributed by atoms with E-state index in [1.54, 1.807) is 12.1 Å². The summed E-state index contributed by atoms with van der Waals surface area (Å²) in [6, 6.07) is 6.20. The first-order valence-corrected chi connectivity index (χ1v) is 5.56. The molecule has 6 nitrogen and oxygen atoms in total. The summed E-state index contributed by atoms with van der Waals surface area (Å²) in [6.07, 6.45) is 1.66. The first-order valence-electron chi connectivity index (χ1n) is 5.56. The van der Waals surface area contributed by atoms with Gasteiger partial charge in [-0.1, -0.05) is 6.07 Å². The molecule has 0 bridgehead atoms. The number of aromatic nitrogens is 1. The summed E-state index contributed by atoms with van der Waals surface area (Å²) >= 11 is 0. The number of carboxylic acid groups (broad SMARTS) is 2. The Balaban J connectivity index is 2.20. The average molecular weight is 261 g/mol. The van der Waals surface area contributed by atoms with Crippen molar-refractivity contribution >= 4 is 11.9 Å². The van der Waals surface area contributed by atoms with Crippen molar-refractivity contribution in [1.29, 1.82) is 0 Å². The highest BCUT2D eigenvalue weighted by Gasteiger charge is 2.10. The van der Waals surface area contributed by atoms with Crippen molar-refractivity contribution in [2.24, 2.45) is 0 Å². The van der Waals surface area contributed by atoms with Gasteiger partial charge in [-0.3, -0.25) is 4.79 Å². The summed E-state index contributed by atoms with van der Waals surface area (Å²) in [4.78, 5) is 25.3. The van der Waals surface area contributed by atoms with Gasteiger partial charge in [-0.25, -0.2) is 9.78 Å². The molecule has 0 fully saturated rings. The molecule has 0 saturated carbocycles. The van der Waals surface area contributed by atoms with Gasteiger partial charge in [0.2, 0.25) is 5.89 Å². The van der Waals surface area contributed by atoms with E-state index in [2.05, 4.69) is 4.98 Å². The van der Waals surface area contributed by atoms with Gasteiger partial charge in [0.1, 0.15) is 5.76 Å². The largest absolute Gasteiger partial charge is 0.481 e. The summed E-state index contributed by atoms with van der Waals surface area (Å²) in [6.45, 7) is 0. The Morgan fingerprint density at radius 3 is 2.74 bits per heavy atom. The highest BCUT2D eigenvalue weighted by molar-refractivity contribution is 5.88. The summed E-state index contributed by atoms with van der Waals surface area (Å²) in [7, 11) is 0. The SMILES string of the molecule is O=C(O)CCc1cnc(-c2cccc(C(=O)O)c2)o1. The van der Waals surface area contributed by atoms with E-state index in [9.17, 15) is 9.59 Å². The fourth-order valence-corrected chi connectivity index (χ4v) is 1.57. The van der Waals surface area contributed by atoms with E-state index in [4.69, 9.17) is 14.6 Å². The zero-order valence-electron chi connectivity index (χ0n) is 9.87. The standard InChI is InChI=1S/C13H11NO5/c15-11(16)5-4-10-7-14-12(19-10)8-2-1-3-9(6-8)13(17)18/h1-3,6-7H,4-5H2,(H,15,16)(H,17,18). The maximum atomic E-state index is 10.9. The number of carbonyl (C=O) groups is 2. The van der Waals surface area contributed by atoms with Crippen LogP contribution in [0.5, 0.6) is 0 Å². The number of carboxylic acids is 2. The Morgan fingerprint density at radius 2 is 2.05 bits per heavy atom. The van der Waals surface area contributed by atoms with Crippen LogP contribution in [0.15, 0.2) is 34.9 Å². The van der Waals surface area contributed by atoms with Crippen LogP contribution in [-0.2, 0) is 11.2 Å². The van der Waals surface area contributed by atoms with Crippen LogP contribution >= 0.6 is 0 Å². The monoisotopic (exact) mass is 261 g/mol. The molecule has 19 heavy (non-hydrogen) atoms. The Hall–Kier alpha value is -2.63. The highest BCUT2D eigenvalue weighted by atomic mass is 16.4. The van der Waals surface area contributed by atoms with Crippen LogP contribution in [0.25, 0.3) is 11.5 Å². The lowest BCUT2D eigenvalue weighted by Crippen LogP contribution is -1.96. The smallest absolute Gasteiger partial charge is 0.335 e. The molecule has 2 aromatic rings. The molecule has 0 atom stereocenters. The number of rotatable bonds is 5. The minimum atomic E-state index is -1.03. The predicted octanol–water partition coefficient (Wildman–Crippen LogP) is 2.06. The molecular formula is C13H11NO5. The van der Waals surface area contributed by atoms with E-state index < -0.39 is 11.9 Å². The van der Waals surface area contributed by atoms with Gasteiger partial charge in [0.15, 0.2) is 0 Å². The van der Waals surface area contributed by atoms with Crippen molar-refractivity contribution < 1.29 is 24.2 Å². The molecule has 98 valence electrons. The maximum Gasteiger partial charge on any atom is 0.335 e. The van der Waals surface area contributed by atoms with Crippen LogP contribution in [-0.4, -0.2) is 27.1 Å². The molecule has 6 heteroatoms. The molecule has 1 heterocycles. The highest BCUT2D eigenvalue weighted by Crippen LogP contribution is 2.21. The van der Waals surface area contributed by atoms with Gasteiger partial charge in [-0.15, -0.1) is 0 Å². The quantitative estimate of drug-likeness (QED) is 0.854. The number of aromatic carboxylic acids is 1. The van der Waals surface area contributed by atoms with Crippen LogP contribution in [0.4, 0.5) is 0 Å². The van der Waals surface area contributed by atoms with Crippen LogP contribution < -0.4 is 0 Å². The molecule has 0 aliphatic heterocycles. The molecule has 0 aliphatic carbocycles. The number of aryl methyl sites for hydroxylation is 1. The summed E-state index contributed by atoms with van der Waals surface area (Å²) in [5, 5.41) is 17.5. The van der Waals surface area contributed by atoms with Crippen molar-refractivity contribution in [3.05, 3.63) is 41.8 Å². The van der Waals surface area contributed by atoms with E-state index >= 15 is 0 Å². The third-order valence-electron chi connectivity index (χ3n) is 2.50. The molecule has 2 rings (SSSR count). The first kappa shape index (κ1) is 12.8. The molecule has 0 saturated heterocycles. The Kier molecular flexibility index (Phi) is 3.61. The first-order chi connectivity index (χ1) is 9.06. The molecule has 2 N–H and O–H groups in total. The fourth-order valence-electron chi connectivity index (χ4n) is 1.57. The van der Waals surface area contributed by atoms with Gasteiger partial charge in [-0.05, 0) is 18.2 Å². The lowest BCUT2D eigenvalue weighted by Gasteiger charge is -1.98. The number of benzene rings is 1. The second-order valence-electron chi connectivity index (χ2n) is 3.91. The normalized spacial score (nSPS) is 10.3. The van der Waals surface area contributed by atoms with Crippen LogP contribution in [0.2, 0.25) is 0 Å². The Morgan fingerprint density at radius 1 is 1.26 bits per heavy atom. The number of nitrogens with zero attached hydrogens (tertiary/aromatic N) is 1. The van der Waals surface area contributed by atoms with E-state index in [0.717, 1.165) is 0 Å². The van der Waals surface area contributed by atoms with Crippen molar-refractivity contribution in [1.82, 2.24) is 4.98 Å². The van der Waals surface area contributed by atoms with Crippen LogP contribution in [0, 0.1) is 0 Å². The van der Waals surface area contributed by atoms with E-state index in [1.165, 1.54) is 18.3 Å². The van der Waals surface area contributed by atoms with Crippen molar-refractivity contribution in [2.45, 2.75) is 12.8 Å². The molecule has 0 radical (unpaired) electrons. The van der Waals surface area contributed by atoms with E-state index in [0.29, 0.717) is 11.3 Å². The zero-order valence-corrected chi connectivity index (χ0v) is 9.87. The Labute approximate surface area is 108 Å². The number of oxazole rings is 1. The molecule has 0 aliphatic rings. The van der Waals surface area contributed by atoms with Gasteiger partial charge in [-0.2, -0.15) is 0 Å². The molecule has 1 aromatic carbocycles. The molecule has 0 amide bonds. The third-order valence-corrected chi connectivity index (χ3v) is 2.50. The topological polar surface area (TPSA) is 101 Å². The molecule has 0 unspecified atom stereocenters. The number of hydrogen-bond donors (Lipinski definition) is 2. The van der Waals surface area contributed by atoms with Crippen LogP contribution in [0.3, 0.4) is 0 Å². The predicted molar refractivity (Wildman–Crippen MR) is 64.9 cm³/mol. The van der Waals surface area contributed by atoms with E-state index in [-0.39, 0.29) is 24.3 Å².